The Morgan fingerprint density at radius 3 is 2.96 bits per heavy atom. The first-order chi connectivity index (χ1) is 12.6. The van der Waals surface area contributed by atoms with Gasteiger partial charge in [0.25, 0.3) is 0 Å². The summed E-state index contributed by atoms with van der Waals surface area (Å²) in [5.74, 6) is 2.12. The van der Waals surface area contributed by atoms with E-state index in [1.807, 2.05) is 6.07 Å². The van der Waals surface area contributed by atoms with E-state index < -0.39 is 0 Å². The molecule has 3 atom stereocenters. The molecule has 0 radical (unpaired) electrons. The standard InChI is InChI=1S/C21H33NO4/c1-3-4-5-10-24-13-18-14-25-20-11-16(6-7-19(20)26-18)17-8-9-21(22,12-17)15-23-2/h6-7,11,17-18H,3-5,8-10,12-15,22H2,1-2H3/t17-,18+,21+/m0/s1. The Hall–Kier alpha value is -1.30. The van der Waals surface area contributed by atoms with E-state index in [9.17, 15) is 0 Å². The molecule has 0 amide bonds. The van der Waals surface area contributed by atoms with Gasteiger partial charge in [0.15, 0.2) is 17.6 Å². The number of nitrogens with two attached hydrogens (primary N) is 1. The van der Waals surface area contributed by atoms with Gasteiger partial charge in [0.2, 0.25) is 0 Å². The fraction of sp³-hybridized carbons (Fsp3) is 0.714. The molecule has 2 N–H and O–H groups in total. The van der Waals surface area contributed by atoms with Gasteiger partial charge in [-0.2, -0.15) is 0 Å². The van der Waals surface area contributed by atoms with E-state index >= 15 is 0 Å². The van der Waals surface area contributed by atoms with Gasteiger partial charge in [-0.05, 0) is 49.3 Å². The summed E-state index contributed by atoms with van der Waals surface area (Å²) in [6, 6.07) is 6.30. The molecule has 0 spiro atoms. The maximum absolute atomic E-state index is 6.44. The minimum Gasteiger partial charge on any atom is -0.486 e. The van der Waals surface area contributed by atoms with Crippen LogP contribution in [0, 0.1) is 0 Å². The van der Waals surface area contributed by atoms with Crippen LogP contribution in [0.4, 0.5) is 0 Å². The second-order valence-corrected chi connectivity index (χ2v) is 7.77. The molecule has 1 aromatic carbocycles. The summed E-state index contributed by atoms with van der Waals surface area (Å²) in [5, 5.41) is 0. The van der Waals surface area contributed by atoms with Crippen molar-refractivity contribution in [2.75, 3.05) is 33.5 Å². The highest BCUT2D eigenvalue weighted by atomic mass is 16.6. The highest BCUT2D eigenvalue weighted by molar-refractivity contribution is 5.45. The molecule has 0 unspecified atom stereocenters. The number of fused-ring (bicyclic) bond motifs is 1. The average molecular weight is 363 g/mol. The van der Waals surface area contributed by atoms with Gasteiger partial charge < -0.3 is 24.7 Å². The molecule has 1 heterocycles. The lowest BCUT2D eigenvalue weighted by molar-refractivity contribution is 0.00780. The molecule has 1 saturated carbocycles. The number of hydrogen-bond donors (Lipinski definition) is 1. The van der Waals surface area contributed by atoms with Crippen molar-refractivity contribution in [3.05, 3.63) is 23.8 Å². The van der Waals surface area contributed by atoms with Crippen LogP contribution in [0.3, 0.4) is 0 Å². The molecule has 0 saturated heterocycles. The van der Waals surface area contributed by atoms with E-state index in [4.69, 9.17) is 24.7 Å². The number of unbranched alkanes of at least 4 members (excludes halogenated alkanes) is 2. The third-order valence-electron chi connectivity index (χ3n) is 5.43. The fourth-order valence-corrected chi connectivity index (χ4v) is 4.00. The summed E-state index contributed by atoms with van der Waals surface area (Å²) in [7, 11) is 1.72. The highest BCUT2D eigenvalue weighted by Gasteiger charge is 2.36. The highest BCUT2D eigenvalue weighted by Crippen LogP contribution is 2.43. The molecule has 26 heavy (non-hydrogen) atoms. The molecule has 2 aliphatic rings. The number of ether oxygens (including phenoxy) is 4. The summed E-state index contributed by atoms with van der Waals surface area (Å²) in [5.41, 5.74) is 7.52. The van der Waals surface area contributed by atoms with Gasteiger partial charge in [-0.15, -0.1) is 0 Å². The van der Waals surface area contributed by atoms with Crippen LogP contribution in [0.1, 0.15) is 56.9 Å². The first-order valence-electron chi connectivity index (χ1n) is 9.92. The van der Waals surface area contributed by atoms with Crippen molar-refractivity contribution in [2.24, 2.45) is 5.73 Å². The number of methoxy groups -OCH3 is 1. The van der Waals surface area contributed by atoms with Crippen molar-refractivity contribution in [3.63, 3.8) is 0 Å². The van der Waals surface area contributed by atoms with Crippen LogP contribution in [-0.2, 0) is 9.47 Å². The van der Waals surface area contributed by atoms with Crippen molar-refractivity contribution < 1.29 is 18.9 Å². The molecule has 0 aromatic heterocycles. The topological polar surface area (TPSA) is 62.9 Å². The second-order valence-electron chi connectivity index (χ2n) is 7.77. The van der Waals surface area contributed by atoms with Crippen LogP contribution >= 0.6 is 0 Å². The summed E-state index contributed by atoms with van der Waals surface area (Å²) in [6.45, 7) is 4.73. The Balaban J connectivity index is 1.53. The Bertz CT molecular complexity index is 579. The van der Waals surface area contributed by atoms with Crippen molar-refractivity contribution in [1.29, 1.82) is 0 Å². The molecule has 5 nitrogen and oxygen atoms in total. The minimum atomic E-state index is -0.202. The lowest BCUT2D eigenvalue weighted by Gasteiger charge is -2.27. The van der Waals surface area contributed by atoms with Gasteiger partial charge in [0.05, 0.1) is 13.2 Å². The second kappa shape index (κ2) is 9.07. The number of hydrogen-bond acceptors (Lipinski definition) is 5. The van der Waals surface area contributed by atoms with Crippen LogP contribution in [0.2, 0.25) is 0 Å². The van der Waals surface area contributed by atoms with Crippen molar-refractivity contribution in [2.45, 2.75) is 63.0 Å². The van der Waals surface area contributed by atoms with Gasteiger partial charge in [-0.25, -0.2) is 0 Å². The van der Waals surface area contributed by atoms with Crippen molar-refractivity contribution in [3.8, 4) is 11.5 Å². The van der Waals surface area contributed by atoms with E-state index in [0.29, 0.717) is 25.7 Å². The Kier molecular flexibility index (Phi) is 6.79. The maximum Gasteiger partial charge on any atom is 0.161 e. The van der Waals surface area contributed by atoms with Crippen LogP contribution < -0.4 is 15.2 Å². The lowest BCUT2D eigenvalue weighted by atomic mass is 9.93. The smallest absolute Gasteiger partial charge is 0.161 e. The summed E-state index contributed by atoms with van der Waals surface area (Å²) < 4.78 is 23.0. The van der Waals surface area contributed by atoms with Gasteiger partial charge in [-0.1, -0.05) is 25.8 Å². The molecular formula is C21H33NO4. The minimum absolute atomic E-state index is 0.0279. The predicted octanol–water partition coefficient (Wildman–Crippen LogP) is 3.64. The molecule has 1 fully saturated rings. The molecule has 0 bridgehead atoms. The maximum atomic E-state index is 6.44. The van der Waals surface area contributed by atoms with E-state index in [0.717, 1.165) is 43.8 Å². The van der Waals surface area contributed by atoms with E-state index in [-0.39, 0.29) is 11.6 Å². The van der Waals surface area contributed by atoms with Crippen LogP contribution in [0.15, 0.2) is 18.2 Å². The third-order valence-corrected chi connectivity index (χ3v) is 5.43. The first-order valence-corrected chi connectivity index (χ1v) is 9.92. The monoisotopic (exact) mass is 363 g/mol. The SMILES string of the molecule is CCCCCOC[C@@H]1COc2cc([C@H]3CC[C@](N)(COC)C3)ccc2O1. The van der Waals surface area contributed by atoms with Crippen LogP contribution in [-0.4, -0.2) is 45.2 Å². The van der Waals surface area contributed by atoms with Gasteiger partial charge >= 0.3 is 0 Å². The van der Waals surface area contributed by atoms with Crippen molar-refractivity contribution in [1.82, 2.24) is 0 Å². The van der Waals surface area contributed by atoms with E-state index in [1.54, 1.807) is 7.11 Å². The zero-order chi connectivity index (χ0) is 18.4. The Morgan fingerprint density at radius 2 is 2.15 bits per heavy atom. The number of rotatable bonds is 9. The fourth-order valence-electron chi connectivity index (χ4n) is 4.00. The van der Waals surface area contributed by atoms with Crippen molar-refractivity contribution >= 4 is 0 Å². The largest absolute Gasteiger partial charge is 0.486 e. The quantitative estimate of drug-likeness (QED) is 0.679. The molecule has 1 aliphatic carbocycles. The molecular weight excluding hydrogens is 330 g/mol. The van der Waals surface area contributed by atoms with Gasteiger partial charge in [0, 0.05) is 19.3 Å². The summed E-state index contributed by atoms with van der Waals surface area (Å²) in [4.78, 5) is 0. The summed E-state index contributed by atoms with van der Waals surface area (Å²) >= 11 is 0. The molecule has 1 aliphatic heterocycles. The van der Waals surface area contributed by atoms with Gasteiger partial charge in [-0.3, -0.25) is 0 Å². The molecule has 3 rings (SSSR count). The average Bonchev–Trinajstić information content (AvgIpc) is 3.03. The Morgan fingerprint density at radius 1 is 1.27 bits per heavy atom. The molecule has 146 valence electrons. The van der Waals surface area contributed by atoms with Crippen LogP contribution in [0.5, 0.6) is 11.5 Å². The van der Waals surface area contributed by atoms with E-state index in [2.05, 4.69) is 19.1 Å². The Labute approximate surface area is 157 Å². The molecule has 5 heteroatoms. The molecule has 1 aromatic rings. The van der Waals surface area contributed by atoms with Crippen LogP contribution in [0.25, 0.3) is 0 Å². The zero-order valence-corrected chi connectivity index (χ0v) is 16.2. The lowest BCUT2D eigenvalue weighted by Crippen LogP contribution is -2.41. The predicted molar refractivity (Wildman–Crippen MR) is 102 cm³/mol. The van der Waals surface area contributed by atoms with E-state index in [1.165, 1.54) is 18.4 Å². The van der Waals surface area contributed by atoms with Gasteiger partial charge in [0.1, 0.15) is 6.61 Å². The normalized spacial score (nSPS) is 27.7. The summed E-state index contributed by atoms with van der Waals surface area (Å²) in [6.07, 6.45) is 6.54. The third kappa shape index (κ3) is 4.90. The first kappa shape index (κ1) is 19.5. The number of benzene rings is 1. The zero-order valence-electron chi connectivity index (χ0n) is 16.2.